The highest BCUT2D eigenvalue weighted by Gasteiger charge is 2.45. The first-order valence-electron chi connectivity index (χ1n) is 11.2. The van der Waals surface area contributed by atoms with E-state index in [9.17, 15) is 4.79 Å². The van der Waals surface area contributed by atoms with E-state index >= 15 is 0 Å². The first-order valence-corrected chi connectivity index (χ1v) is 11.9. The Balaban J connectivity index is 1.47. The maximum atomic E-state index is 12.2. The Morgan fingerprint density at radius 3 is 2.84 bits per heavy atom. The molecular formula is C26H25Cl2NO3. The fraction of sp³-hybridized carbons (Fsp3) is 0.385. The molecule has 1 heterocycles. The average molecular weight is 470 g/mol. The normalized spacial score (nSPS) is 21.5. The summed E-state index contributed by atoms with van der Waals surface area (Å²) in [4.78, 5) is 16.7. The standard InChI is InChI=1S/C26H25Cl2NO3/c1-2-8-26-9-7-18(30)13-20(26)22-17(14-26)12-21(23(27)24(22)28)32-15-16-5-3-4-6-19(16)25-29-10-11-31-25/h3-6,12-13H,2,7-11,14-15H2,1H3. The number of hydrogen-bond acceptors (Lipinski definition) is 4. The number of ketones is 1. The summed E-state index contributed by atoms with van der Waals surface area (Å²) in [6, 6.07) is 9.94. The molecule has 0 N–H and O–H groups in total. The molecule has 0 aromatic heterocycles. The quantitative estimate of drug-likeness (QED) is 0.488. The molecule has 166 valence electrons. The molecule has 2 aliphatic carbocycles. The maximum absolute atomic E-state index is 12.2. The Labute approximate surface area is 198 Å². The van der Waals surface area contributed by atoms with Crippen LogP contribution in [0.25, 0.3) is 5.57 Å². The van der Waals surface area contributed by atoms with Crippen LogP contribution >= 0.6 is 23.2 Å². The van der Waals surface area contributed by atoms with Crippen LogP contribution in [0.15, 0.2) is 41.4 Å². The molecule has 1 aliphatic heterocycles. The van der Waals surface area contributed by atoms with Crippen LogP contribution in [0.4, 0.5) is 0 Å². The largest absolute Gasteiger partial charge is 0.487 e. The zero-order chi connectivity index (χ0) is 22.3. The Hall–Kier alpha value is -2.30. The van der Waals surface area contributed by atoms with Crippen LogP contribution in [0.3, 0.4) is 0 Å². The molecule has 2 aromatic carbocycles. The van der Waals surface area contributed by atoms with Gasteiger partial charge in [-0.3, -0.25) is 4.79 Å². The Morgan fingerprint density at radius 2 is 2.06 bits per heavy atom. The van der Waals surface area contributed by atoms with E-state index in [4.69, 9.17) is 32.7 Å². The molecule has 32 heavy (non-hydrogen) atoms. The van der Waals surface area contributed by atoms with Crippen LogP contribution in [0, 0.1) is 5.41 Å². The molecule has 1 unspecified atom stereocenters. The van der Waals surface area contributed by atoms with Gasteiger partial charge >= 0.3 is 0 Å². The number of nitrogens with zero attached hydrogens (tertiary/aromatic N) is 1. The molecule has 6 heteroatoms. The maximum Gasteiger partial charge on any atom is 0.216 e. The smallest absolute Gasteiger partial charge is 0.216 e. The van der Waals surface area contributed by atoms with E-state index in [1.807, 2.05) is 30.3 Å². The molecule has 0 saturated heterocycles. The third-order valence-electron chi connectivity index (χ3n) is 6.72. The van der Waals surface area contributed by atoms with Crippen LogP contribution in [0.5, 0.6) is 5.75 Å². The Bertz CT molecular complexity index is 1150. The third kappa shape index (κ3) is 3.64. The van der Waals surface area contributed by atoms with Crippen LogP contribution in [-0.4, -0.2) is 24.8 Å². The summed E-state index contributed by atoms with van der Waals surface area (Å²) in [5, 5.41) is 0.874. The molecule has 1 atom stereocenters. The van der Waals surface area contributed by atoms with Crippen molar-refractivity contribution in [3.63, 3.8) is 0 Å². The number of ether oxygens (including phenoxy) is 2. The molecule has 0 radical (unpaired) electrons. The SMILES string of the molecule is CCCC12CCC(=O)C=C1c1c(cc(OCc3ccccc3C3=NCCO3)c(Cl)c1Cl)C2. The summed E-state index contributed by atoms with van der Waals surface area (Å²) >= 11 is 13.5. The van der Waals surface area contributed by atoms with Gasteiger partial charge in [0.1, 0.15) is 24.0 Å². The van der Waals surface area contributed by atoms with Gasteiger partial charge in [-0.05, 0) is 48.6 Å². The van der Waals surface area contributed by atoms with Crippen LogP contribution in [0.1, 0.15) is 54.9 Å². The van der Waals surface area contributed by atoms with Crippen LogP contribution in [0.2, 0.25) is 10.0 Å². The van der Waals surface area contributed by atoms with Gasteiger partial charge in [0.15, 0.2) is 5.78 Å². The van der Waals surface area contributed by atoms with Crippen LogP contribution < -0.4 is 4.74 Å². The van der Waals surface area contributed by atoms with E-state index in [0.29, 0.717) is 47.9 Å². The van der Waals surface area contributed by atoms with E-state index in [1.165, 1.54) is 0 Å². The number of fused-ring (bicyclic) bond motifs is 3. The number of aliphatic imine (C=N–C) groups is 1. The van der Waals surface area contributed by atoms with Crippen molar-refractivity contribution in [3.05, 3.63) is 68.7 Å². The van der Waals surface area contributed by atoms with Crippen molar-refractivity contribution in [1.29, 1.82) is 0 Å². The minimum Gasteiger partial charge on any atom is -0.487 e. The van der Waals surface area contributed by atoms with E-state index in [1.54, 1.807) is 6.08 Å². The molecule has 3 aliphatic rings. The van der Waals surface area contributed by atoms with Gasteiger partial charge in [0.25, 0.3) is 0 Å². The summed E-state index contributed by atoms with van der Waals surface area (Å²) in [5.41, 5.74) is 4.99. The molecule has 0 fully saturated rings. The molecule has 4 nitrogen and oxygen atoms in total. The zero-order valence-electron chi connectivity index (χ0n) is 18.0. The lowest BCUT2D eigenvalue weighted by Crippen LogP contribution is -2.25. The minimum absolute atomic E-state index is 0.0266. The lowest BCUT2D eigenvalue weighted by atomic mass is 9.70. The topological polar surface area (TPSA) is 47.9 Å². The highest BCUT2D eigenvalue weighted by atomic mass is 35.5. The van der Waals surface area contributed by atoms with Gasteiger partial charge in [-0.2, -0.15) is 0 Å². The van der Waals surface area contributed by atoms with E-state index in [2.05, 4.69) is 11.9 Å². The number of benzene rings is 2. The summed E-state index contributed by atoms with van der Waals surface area (Å²) in [5.74, 6) is 1.39. The first-order chi connectivity index (χ1) is 15.5. The van der Waals surface area contributed by atoms with E-state index < -0.39 is 0 Å². The van der Waals surface area contributed by atoms with Gasteiger partial charge in [-0.1, -0.05) is 54.7 Å². The monoisotopic (exact) mass is 469 g/mol. The Morgan fingerprint density at radius 1 is 1.22 bits per heavy atom. The van der Waals surface area contributed by atoms with Crippen molar-refractivity contribution in [2.45, 2.75) is 45.6 Å². The fourth-order valence-corrected chi connectivity index (χ4v) is 5.81. The fourth-order valence-electron chi connectivity index (χ4n) is 5.29. The van der Waals surface area contributed by atoms with Crippen molar-refractivity contribution in [3.8, 4) is 5.75 Å². The molecular weight excluding hydrogens is 445 g/mol. The lowest BCUT2D eigenvalue weighted by Gasteiger charge is -2.33. The second-order valence-electron chi connectivity index (χ2n) is 8.75. The number of halogens is 2. The van der Waals surface area contributed by atoms with Gasteiger partial charge < -0.3 is 9.47 Å². The lowest BCUT2D eigenvalue weighted by molar-refractivity contribution is -0.115. The number of rotatable bonds is 6. The van der Waals surface area contributed by atoms with Gasteiger partial charge in [0, 0.05) is 28.5 Å². The second kappa shape index (κ2) is 8.57. The molecule has 0 saturated carbocycles. The summed E-state index contributed by atoms with van der Waals surface area (Å²) in [7, 11) is 0. The summed E-state index contributed by atoms with van der Waals surface area (Å²) in [6.07, 6.45) is 6.20. The first kappa shape index (κ1) is 21.5. The number of carbonyl (C=O) groups is 1. The number of hydrogen-bond donors (Lipinski definition) is 0. The molecule has 5 rings (SSSR count). The summed E-state index contributed by atoms with van der Waals surface area (Å²) in [6.45, 7) is 3.79. The second-order valence-corrected chi connectivity index (χ2v) is 9.51. The Kier molecular flexibility index (Phi) is 5.77. The molecule has 0 amide bonds. The minimum atomic E-state index is -0.0266. The molecule has 0 spiro atoms. The van der Waals surface area contributed by atoms with Gasteiger partial charge in [0.05, 0.1) is 11.6 Å². The molecule has 0 bridgehead atoms. The van der Waals surface area contributed by atoms with Crippen molar-refractivity contribution >= 4 is 40.5 Å². The van der Waals surface area contributed by atoms with E-state index in [0.717, 1.165) is 53.5 Å². The zero-order valence-corrected chi connectivity index (χ0v) is 19.6. The third-order valence-corrected chi connectivity index (χ3v) is 7.57. The van der Waals surface area contributed by atoms with Gasteiger partial charge in [0.2, 0.25) is 5.90 Å². The number of allylic oxidation sites excluding steroid dienone is 2. The van der Waals surface area contributed by atoms with Crippen molar-refractivity contribution in [2.75, 3.05) is 13.2 Å². The summed E-state index contributed by atoms with van der Waals surface area (Å²) < 4.78 is 11.8. The van der Waals surface area contributed by atoms with E-state index in [-0.39, 0.29) is 11.2 Å². The predicted octanol–water partition coefficient (Wildman–Crippen LogP) is 6.44. The van der Waals surface area contributed by atoms with Gasteiger partial charge in [-0.15, -0.1) is 0 Å². The highest BCUT2D eigenvalue weighted by Crippen LogP contribution is 2.58. The predicted molar refractivity (Wildman–Crippen MR) is 128 cm³/mol. The van der Waals surface area contributed by atoms with Crippen molar-refractivity contribution in [2.24, 2.45) is 10.4 Å². The number of carbonyl (C=O) groups excluding carboxylic acids is 1. The van der Waals surface area contributed by atoms with Crippen molar-refractivity contribution in [1.82, 2.24) is 0 Å². The molecule has 2 aromatic rings. The average Bonchev–Trinajstić information content (AvgIpc) is 3.42. The van der Waals surface area contributed by atoms with Crippen molar-refractivity contribution < 1.29 is 14.3 Å². The van der Waals surface area contributed by atoms with Crippen LogP contribution in [-0.2, 0) is 22.6 Å². The highest BCUT2D eigenvalue weighted by molar-refractivity contribution is 6.44. The van der Waals surface area contributed by atoms with Gasteiger partial charge in [-0.25, -0.2) is 4.99 Å².